The molecule has 0 bridgehead atoms. The Morgan fingerprint density at radius 3 is 2.31 bits per heavy atom. The van der Waals surface area contributed by atoms with Crippen LogP contribution in [-0.4, -0.2) is 11.9 Å². The number of benzene rings is 2. The third-order valence-electron chi connectivity index (χ3n) is 3.81. The minimum Gasteiger partial charge on any atom is -0.330 e. The van der Waals surface area contributed by atoms with E-state index in [1.807, 2.05) is 0 Å². The summed E-state index contributed by atoms with van der Waals surface area (Å²) >= 11 is 11.7. The summed E-state index contributed by atoms with van der Waals surface area (Å²) in [5.41, 5.74) is -0.0513. The molecule has 0 aliphatic rings. The van der Waals surface area contributed by atoms with E-state index in [1.54, 1.807) is 12.2 Å². The molecule has 3 nitrogen and oxygen atoms in total. The van der Waals surface area contributed by atoms with Crippen LogP contribution in [0.2, 0.25) is 10.0 Å². The van der Waals surface area contributed by atoms with Crippen molar-refractivity contribution in [3.8, 4) is 0 Å². The maximum atomic E-state index is 13.6. The molecule has 0 saturated carbocycles. The van der Waals surface area contributed by atoms with Crippen molar-refractivity contribution in [3.05, 3.63) is 63.1 Å². The second-order valence-corrected chi connectivity index (χ2v) is 6.58. The minimum absolute atomic E-state index is 0.120. The van der Waals surface area contributed by atoms with Gasteiger partial charge >= 0.3 is 0 Å². The number of halogens is 6. The molecular weight excluding hydrogens is 395 g/mol. The van der Waals surface area contributed by atoms with Crippen molar-refractivity contribution in [2.45, 2.75) is 25.9 Å². The van der Waals surface area contributed by atoms with Crippen LogP contribution in [0.5, 0.6) is 0 Å². The monoisotopic (exact) mass is 409 g/mol. The molecule has 2 aromatic carbocycles. The number of carbonyl (C=O) groups is 1. The van der Waals surface area contributed by atoms with Crippen molar-refractivity contribution in [2.24, 2.45) is 0 Å². The molecule has 0 fully saturated rings. The Balaban J connectivity index is 2.10. The summed E-state index contributed by atoms with van der Waals surface area (Å²) in [5, 5.41) is 3.86. The zero-order valence-electron chi connectivity index (χ0n) is 13.7. The predicted molar refractivity (Wildman–Crippen MR) is 91.2 cm³/mol. The molecule has 0 spiro atoms. The van der Waals surface area contributed by atoms with Gasteiger partial charge in [-0.1, -0.05) is 23.2 Å². The molecule has 0 aliphatic carbocycles. The van der Waals surface area contributed by atoms with Gasteiger partial charge in [0, 0.05) is 5.56 Å². The molecule has 0 aromatic heterocycles. The molecule has 2 rings (SSSR count). The van der Waals surface area contributed by atoms with E-state index < -0.39 is 46.9 Å². The van der Waals surface area contributed by atoms with Crippen LogP contribution in [-0.2, 0) is 4.79 Å². The van der Waals surface area contributed by atoms with Crippen LogP contribution < -0.4 is 10.6 Å². The van der Waals surface area contributed by atoms with Gasteiger partial charge in [0.15, 0.2) is 23.5 Å². The fourth-order valence-electron chi connectivity index (χ4n) is 2.38. The number of quaternary nitrogens is 1. The molecule has 9 heteroatoms. The van der Waals surface area contributed by atoms with E-state index in [-0.39, 0.29) is 10.0 Å². The first-order chi connectivity index (χ1) is 12.1. The summed E-state index contributed by atoms with van der Waals surface area (Å²) in [7, 11) is 0. The van der Waals surface area contributed by atoms with E-state index in [2.05, 4.69) is 5.32 Å². The quantitative estimate of drug-likeness (QED) is 0.433. The number of nitrogens with one attached hydrogen (secondary N) is 1. The first-order valence-electron chi connectivity index (χ1n) is 7.55. The summed E-state index contributed by atoms with van der Waals surface area (Å²) in [5.74, 6) is -5.80. The van der Waals surface area contributed by atoms with E-state index in [4.69, 9.17) is 23.2 Å². The largest absolute Gasteiger partial charge is 0.330 e. The average Bonchev–Trinajstić information content (AvgIpc) is 2.58. The maximum absolute atomic E-state index is 13.6. The highest BCUT2D eigenvalue weighted by atomic mass is 35.5. The molecule has 3 N–H and O–H groups in total. The smallest absolute Gasteiger partial charge is 0.282 e. The van der Waals surface area contributed by atoms with Crippen molar-refractivity contribution < 1.29 is 27.7 Å². The van der Waals surface area contributed by atoms with Gasteiger partial charge in [-0.25, -0.2) is 17.6 Å². The number of anilines is 1. The van der Waals surface area contributed by atoms with Crippen molar-refractivity contribution in [1.29, 1.82) is 0 Å². The van der Waals surface area contributed by atoms with E-state index in [0.29, 0.717) is 11.6 Å². The van der Waals surface area contributed by atoms with Crippen LogP contribution in [0, 0.1) is 23.3 Å². The van der Waals surface area contributed by atoms with E-state index in [1.165, 1.54) is 19.1 Å². The Morgan fingerprint density at radius 2 is 1.65 bits per heavy atom. The zero-order chi connectivity index (χ0) is 19.6. The number of hydrogen-bond donors (Lipinski definition) is 2. The zero-order valence-corrected chi connectivity index (χ0v) is 15.2. The van der Waals surface area contributed by atoms with Gasteiger partial charge in [0.05, 0.1) is 15.7 Å². The van der Waals surface area contributed by atoms with Gasteiger partial charge in [-0.15, -0.1) is 0 Å². The lowest BCUT2D eigenvalue weighted by Gasteiger charge is -2.18. The number of hydrogen-bond acceptors (Lipinski definition) is 1. The van der Waals surface area contributed by atoms with Gasteiger partial charge < -0.3 is 10.6 Å². The molecule has 2 aromatic rings. The van der Waals surface area contributed by atoms with Gasteiger partial charge in [0.2, 0.25) is 0 Å². The standard InChI is InChI=1S/C17H14Cl2F4N2O/c1-7(9-5-13(21)11(19)6-10(9)18)24-8(2)17(26)25-14-4-3-12(20)15(22)16(14)23/h3-8,24H,1-2H3,(H,25,26)/p+1/t7-,8-/m0/s1. The molecule has 140 valence electrons. The molecular formula is C17H15Cl2F4N2O+. The Labute approximate surface area is 157 Å². The SMILES string of the molecule is C[C@H]([NH2+][C@@H](C)c1cc(F)c(Cl)cc1Cl)C(=O)Nc1ccc(F)c(F)c1F. The Bertz CT molecular complexity index is 848. The van der Waals surface area contributed by atoms with Gasteiger partial charge in [0.25, 0.3) is 5.91 Å². The van der Waals surface area contributed by atoms with Gasteiger partial charge in [-0.05, 0) is 38.1 Å². The summed E-state index contributed by atoms with van der Waals surface area (Å²) in [6.07, 6.45) is 0. The average molecular weight is 410 g/mol. The second kappa shape index (κ2) is 8.24. The summed E-state index contributed by atoms with van der Waals surface area (Å²) in [6.45, 7) is 3.21. The van der Waals surface area contributed by atoms with Gasteiger partial charge in [-0.3, -0.25) is 4.79 Å². The lowest BCUT2D eigenvalue weighted by atomic mass is 10.1. The normalized spacial score (nSPS) is 13.4. The fourth-order valence-corrected chi connectivity index (χ4v) is 2.94. The molecule has 2 atom stereocenters. The first kappa shape index (κ1) is 20.5. The summed E-state index contributed by atoms with van der Waals surface area (Å²) in [6, 6.07) is 2.89. The van der Waals surface area contributed by atoms with E-state index in [0.717, 1.165) is 6.07 Å². The molecule has 0 unspecified atom stereocenters. The molecule has 0 saturated heterocycles. The minimum atomic E-state index is -1.67. The molecule has 0 aliphatic heterocycles. The van der Waals surface area contributed by atoms with Crippen LogP contribution >= 0.6 is 23.2 Å². The van der Waals surface area contributed by atoms with E-state index >= 15 is 0 Å². The fraction of sp³-hybridized carbons (Fsp3) is 0.235. The summed E-state index contributed by atoms with van der Waals surface area (Å²) < 4.78 is 53.4. The van der Waals surface area contributed by atoms with Crippen LogP contribution in [0.15, 0.2) is 24.3 Å². The first-order valence-corrected chi connectivity index (χ1v) is 8.31. The van der Waals surface area contributed by atoms with Crippen molar-refractivity contribution in [1.82, 2.24) is 0 Å². The number of nitrogens with two attached hydrogens (primary N) is 1. The Kier molecular flexibility index (Phi) is 6.49. The van der Waals surface area contributed by atoms with Crippen molar-refractivity contribution >= 4 is 34.8 Å². The van der Waals surface area contributed by atoms with Crippen LogP contribution in [0.4, 0.5) is 23.2 Å². The van der Waals surface area contributed by atoms with Gasteiger partial charge in [0.1, 0.15) is 11.9 Å². The van der Waals surface area contributed by atoms with Gasteiger partial charge in [-0.2, -0.15) is 0 Å². The van der Waals surface area contributed by atoms with Crippen LogP contribution in [0.1, 0.15) is 25.5 Å². The predicted octanol–water partition coefficient (Wildman–Crippen LogP) is 4.20. The third kappa shape index (κ3) is 4.47. The van der Waals surface area contributed by atoms with Crippen LogP contribution in [0.25, 0.3) is 0 Å². The Hall–Kier alpha value is -1.83. The van der Waals surface area contributed by atoms with Crippen LogP contribution in [0.3, 0.4) is 0 Å². The number of carbonyl (C=O) groups excluding carboxylic acids is 1. The van der Waals surface area contributed by atoms with Crippen molar-refractivity contribution in [2.75, 3.05) is 5.32 Å². The highest BCUT2D eigenvalue weighted by Crippen LogP contribution is 2.27. The molecule has 26 heavy (non-hydrogen) atoms. The third-order valence-corrected chi connectivity index (χ3v) is 4.43. The lowest BCUT2D eigenvalue weighted by Crippen LogP contribution is -2.91. The highest BCUT2D eigenvalue weighted by Gasteiger charge is 2.24. The lowest BCUT2D eigenvalue weighted by molar-refractivity contribution is -0.709. The summed E-state index contributed by atoms with van der Waals surface area (Å²) in [4.78, 5) is 12.2. The highest BCUT2D eigenvalue weighted by molar-refractivity contribution is 6.35. The molecule has 1 amide bonds. The second-order valence-electron chi connectivity index (χ2n) is 5.77. The number of amides is 1. The Morgan fingerprint density at radius 1 is 1.00 bits per heavy atom. The van der Waals surface area contributed by atoms with E-state index in [9.17, 15) is 22.4 Å². The molecule has 0 heterocycles. The molecule has 0 radical (unpaired) electrons. The number of rotatable bonds is 5. The topological polar surface area (TPSA) is 45.7 Å². The maximum Gasteiger partial charge on any atom is 0.282 e. The van der Waals surface area contributed by atoms with Crippen molar-refractivity contribution in [3.63, 3.8) is 0 Å².